The van der Waals surface area contributed by atoms with Crippen molar-refractivity contribution in [2.24, 2.45) is 0 Å². The fraction of sp³-hybridized carbons (Fsp3) is 0.0952. The van der Waals surface area contributed by atoms with Gasteiger partial charge in [-0.1, -0.05) is 17.3 Å². The normalized spacial score (nSPS) is 12.2. The molecule has 12 nitrogen and oxygen atoms in total. The Bertz CT molecular complexity index is 1540. The highest BCUT2D eigenvalue weighted by atomic mass is 79.9. The van der Waals surface area contributed by atoms with Gasteiger partial charge in [0.25, 0.3) is 5.91 Å². The summed E-state index contributed by atoms with van der Waals surface area (Å²) >= 11 is 3.08. The second-order valence-corrected chi connectivity index (χ2v) is 8.30. The molecule has 2 aromatic heterocycles. The fourth-order valence-electron chi connectivity index (χ4n) is 3.61. The zero-order valence-corrected chi connectivity index (χ0v) is 19.7. The number of halogens is 2. The third-order valence-corrected chi connectivity index (χ3v) is 5.86. The van der Waals surface area contributed by atoms with Crippen LogP contribution in [0.3, 0.4) is 0 Å². The van der Waals surface area contributed by atoms with E-state index in [4.69, 9.17) is 13.8 Å². The number of anilines is 1. The van der Waals surface area contributed by atoms with Gasteiger partial charge in [0.1, 0.15) is 5.82 Å². The summed E-state index contributed by atoms with van der Waals surface area (Å²) in [5, 5.41) is 27.1. The van der Waals surface area contributed by atoms with E-state index in [1.807, 2.05) is 0 Å². The van der Waals surface area contributed by atoms with Crippen molar-refractivity contribution < 1.29 is 28.0 Å². The van der Waals surface area contributed by atoms with Gasteiger partial charge in [0, 0.05) is 24.1 Å². The number of amides is 1. The van der Waals surface area contributed by atoms with E-state index in [0.717, 1.165) is 4.57 Å². The van der Waals surface area contributed by atoms with Crippen molar-refractivity contribution in [1.29, 1.82) is 0 Å². The first-order valence-electron chi connectivity index (χ1n) is 10.5. The lowest BCUT2D eigenvalue weighted by atomic mass is 9.72. The molecule has 1 aliphatic rings. The molecule has 182 valence electrons. The van der Waals surface area contributed by atoms with Gasteiger partial charge in [0.15, 0.2) is 5.69 Å². The number of carbonyl (C=O) groups excluding carboxylic acids is 1. The minimum Gasteiger partial charge on any atom is -0.538 e. The predicted octanol–water partition coefficient (Wildman–Crippen LogP) is 1.31. The van der Waals surface area contributed by atoms with Gasteiger partial charge in [-0.15, -0.1) is 0 Å². The van der Waals surface area contributed by atoms with E-state index in [0.29, 0.717) is 11.0 Å². The van der Waals surface area contributed by atoms with Crippen LogP contribution in [0.15, 0.2) is 61.1 Å². The van der Waals surface area contributed by atoms with Crippen LogP contribution in [0.1, 0.15) is 15.9 Å². The molecule has 0 spiro atoms. The number of aromatic nitrogens is 4. The summed E-state index contributed by atoms with van der Waals surface area (Å²) in [6, 6.07) is 9.00. The molecule has 4 aromatic rings. The number of nitrogens with one attached hydrogen (secondary N) is 2. The van der Waals surface area contributed by atoms with Gasteiger partial charge in [-0.05, 0) is 62.1 Å². The molecule has 1 aliphatic heterocycles. The lowest BCUT2D eigenvalue weighted by molar-refractivity contribution is 0.0955. The largest absolute Gasteiger partial charge is 0.561 e. The standard InChI is InChI=1S/C21H15BBrFN6O6/c23-14-10-12(4-5-15(14)24)30-19(29-35-21(30)32)17-18(28-36-27-17)25-7-8-26-20(31)13-3-1-2-11-6-9-34-22(33)16(11)13/h1-6,9-10,33H,7-8H2,(H,25,28)(H,26,31). The Kier molecular flexibility index (Phi) is 6.39. The van der Waals surface area contributed by atoms with Crippen molar-refractivity contribution in [2.75, 3.05) is 18.4 Å². The Labute approximate surface area is 210 Å². The van der Waals surface area contributed by atoms with E-state index in [1.54, 1.807) is 24.3 Å². The average Bonchev–Trinajstić information content (AvgIpc) is 3.49. The number of rotatable bonds is 7. The molecular formula is C21H15BBrFN6O6. The minimum atomic E-state index is -1.24. The molecule has 0 radical (unpaired) electrons. The molecule has 0 aliphatic carbocycles. The zero-order chi connectivity index (χ0) is 25.2. The molecule has 5 rings (SSSR count). The highest BCUT2D eigenvalue weighted by molar-refractivity contribution is 9.10. The Morgan fingerprint density at radius 2 is 2.06 bits per heavy atom. The van der Waals surface area contributed by atoms with E-state index >= 15 is 0 Å². The third kappa shape index (κ3) is 4.41. The molecule has 0 saturated carbocycles. The molecule has 0 unspecified atom stereocenters. The summed E-state index contributed by atoms with van der Waals surface area (Å²) in [5.41, 5.74) is 1.69. The van der Waals surface area contributed by atoms with Crippen molar-refractivity contribution in [3.8, 4) is 17.2 Å². The summed E-state index contributed by atoms with van der Waals surface area (Å²) in [4.78, 5) is 25.0. The SMILES string of the molecule is O=C(NCCNc1nonc1-c1noc(=O)n1-c1ccc(F)c(Br)c1)c1cccc2c1B(O)OC=C2. The van der Waals surface area contributed by atoms with Crippen molar-refractivity contribution in [3.05, 3.63) is 74.6 Å². The lowest BCUT2D eigenvalue weighted by Crippen LogP contribution is -2.42. The minimum absolute atomic E-state index is 0.0238. The van der Waals surface area contributed by atoms with Crippen LogP contribution in [-0.2, 0) is 4.65 Å². The van der Waals surface area contributed by atoms with Crippen LogP contribution >= 0.6 is 15.9 Å². The maximum absolute atomic E-state index is 13.6. The highest BCUT2D eigenvalue weighted by Crippen LogP contribution is 2.26. The smallest absolute Gasteiger partial charge is 0.538 e. The first-order valence-corrected chi connectivity index (χ1v) is 11.3. The maximum Gasteiger partial charge on any atom is 0.561 e. The van der Waals surface area contributed by atoms with E-state index in [1.165, 1.54) is 24.5 Å². The molecule has 2 aromatic carbocycles. The van der Waals surface area contributed by atoms with Gasteiger partial charge in [0.05, 0.1) is 16.4 Å². The summed E-state index contributed by atoms with van der Waals surface area (Å²) in [6.07, 6.45) is 3.03. The predicted molar refractivity (Wildman–Crippen MR) is 128 cm³/mol. The molecule has 0 saturated heterocycles. The molecule has 3 heterocycles. The number of fused-ring (bicyclic) bond motifs is 1. The Morgan fingerprint density at radius 3 is 2.89 bits per heavy atom. The lowest BCUT2D eigenvalue weighted by Gasteiger charge is -2.17. The van der Waals surface area contributed by atoms with E-state index in [-0.39, 0.29) is 46.1 Å². The molecule has 36 heavy (non-hydrogen) atoms. The molecule has 0 atom stereocenters. The number of carbonyl (C=O) groups is 1. The van der Waals surface area contributed by atoms with Crippen LogP contribution in [0.4, 0.5) is 10.2 Å². The van der Waals surface area contributed by atoms with Gasteiger partial charge in [-0.2, -0.15) is 0 Å². The quantitative estimate of drug-likeness (QED) is 0.224. The van der Waals surface area contributed by atoms with Crippen molar-refractivity contribution in [3.63, 3.8) is 0 Å². The third-order valence-electron chi connectivity index (χ3n) is 5.26. The van der Waals surface area contributed by atoms with Gasteiger partial charge in [-0.3, -0.25) is 9.32 Å². The zero-order valence-electron chi connectivity index (χ0n) is 18.1. The van der Waals surface area contributed by atoms with Gasteiger partial charge >= 0.3 is 12.9 Å². The molecule has 0 bridgehead atoms. The maximum atomic E-state index is 13.6. The van der Waals surface area contributed by atoms with Crippen molar-refractivity contribution in [1.82, 2.24) is 25.4 Å². The Morgan fingerprint density at radius 1 is 1.19 bits per heavy atom. The number of hydrogen-bond acceptors (Lipinski definition) is 10. The Balaban J connectivity index is 1.28. The summed E-state index contributed by atoms with van der Waals surface area (Å²) in [7, 11) is -1.24. The van der Waals surface area contributed by atoms with E-state index < -0.39 is 24.6 Å². The van der Waals surface area contributed by atoms with Gasteiger partial charge < -0.3 is 20.3 Å². The van der Waals surface area contributed by atoms with Crippen LogP contribution in [0.2, 0.25) is 0 Å². The van der Waals surface area contributed by atoms with Crippen LogP contribution in [0.25, 0.3) is 23.3 Å². The first kappa shape index (κ1) is 23.5. The summed E-state index contributed by atoms with van der Waals surface area (Å²) in [6.45, 7) is 0.364. The van der Waals surface area contributed by atoms with Crippen molar-refractivity contribution >= 4 is 46.3 Å². The number of hydrogen-bond donors (Lipinski definition) is 3. The highest BCUT2D eigenvalue weighted by Gasteiger charge is 2.29. The second kappa shape index (κ2) is 9.79. The molecule has 0 fully saturated rings. The second-order valence-electron chi connectivity index (χ2n) is 7.45. The fourth-order valence-corrected chi connectivity index (χ4v) is 3.98. The summed E-state index contributed by atoms with van der Waals surface area (Å²) in [5.74, 6) is -1.62. The van der Waals surface area contributed by atoms with Gasteiger partial charge in [0.2, 0.25) is 11.6 Å². The molecule has 15 heteroatoms. The molecular weight excluding hydrogens is 542 g/mol. The monoisotopic (exact) mass is 556 g/mol. The van der Waals surface area contributed by atoms with E-state index in [2.05, 4.69) is 42.0 Å². The molecule has 1 amide bonds. The number of benzene rings is 2. The summed E-state index contributed by atoms with van der Waals surface area (Å²) < 4.78 is 29.5. The average molecular weight is 557 g/mol. The Hall–Kier alpha value is -4.24. The van der Waals surface area contributed by atoms with Crippen LogP contribution in [-0.4, -0.2) is 51.2 Å². The van der Waals surface area contributed by atoms with Crippen LogP contribution in [0, 0.1) is 5.82 Å². The van der Waals surface area contributed by atoms with Crippen molar-refractivity contribution in [2.45, 2.75) is 0 Å². The van der Waals surface area contributed by atoms with E-state index in [9.17, 15) is 19.0 Å². The first-order chi connectivity index (χ1) is 17.4. The topological polar surface area (TPSA) is 158 Å². The van der Waals surface area contributed by atoms with Crippen LogP contribution in [0.5, 0.6) is 0 Å². The molecule has 3 N–H and O–H groups in total. The van der Waals surface area contributed by atoms with Crippen LogP contribution < -0.4 is 21.9 Å². The number of nitrogens with zero attached hydrogens (tertiary/aromatic N) is 4. The van der Waals surface area contributed by atoms with Gasteiger partial charge in [-0.25, -0.2) is 18.4 Å².